The van der Waals surface area contributed by atoms with Crippen LogP contribution in [0.3, 0.4) is 0 Å². The van der Waals surface area contributed by atoms with E-state index in [2.05, 4.69) is 16.0 Å². The van der Waals surface area contributed by atoms with E-state index in [1.165, 1.54) is 4.90 Å². The van der Waals surface area contributed by atoms with E-state index < -0.39 is 70.2 Å². The van der Waals surface area contributed by atoms with Crippen LogP contribution in [0.1, 0.15) is 113 Å². The number of nitrogens with one attached hydrogen (secondary N) is 3. The zero-order chi connectivity index (χ0) is 33.0. The van der Waals surface area contributed by atoms with Crippen LogP contribution in [0.5, 0.6) is 0 Å². The second kappa shape index (κ2) is 13.9. The maximum absolute atomic E-state index is 14.2. The van der Waals surface area contributed by atoms with Crippen molar-refractivity contribution in [2.75, 3.05) is 6.54 Å². The lowest BCUT2D eigenvalue weighted by atomic mass is 9.79. The smallest absolute Gasteiger partial charge is 0.329 e. The third-order valence-corrected chi connectivity index (χ3v) is 9.26. The standard InChI is InChI=1S/C32H53N5O7/c1-30(2,3)24(28(42)44-31(4,5)6)36-29(43)35-23(32(7)15-8-9-16-32)27(41)37-17-11-14-21(37)26(40)34-20(22(38)25(33)39)18-19-12-10-13-19/h19-21,23-24H,8-18H2,1-7H3,(H2,33,39)(H,34,40)(H2,35,36,43). The Bertz CT molecular complexity index is 1120. The fourth-order valence-corrected chi connectivity index (χ4v) is 6.50. The number of primary amides is 1. The Morgan fingerprint density at radius 2 is 1.50 bits per heavy atom. The van der Waals surface area contributed by atoms with E-state index in [0.717, 1.165) is 32.1 Å². The molecule has 5 N–H and O–H groups in total. The number of amides is 5. The van der Waals surface area contributed by atoms with Gasteiger partial charge in [-0.3, -0.25) is 19.2 Å². The molecule has 0 bridgehead atoms. The molecule has 1 heterocycles. The van der Waals surface area contributed by atoms with E-state index in [1.54, 1.807) is 20.8 Å². The summed E-state index contributed by atoms with van der Waals surface area (Å²) in [6.45, 7) is 13.0. The first-order valence-corrected chi connectivity index (χ1v) is 16.1. The van der Waals surface area contributed by atoms with Gasteiger partial charge in [-0.15, -0.1) is 0 Å². The van der Waals surface area contributed by atoms with Gasteiger partial charge in [-0.25, -0.2) is 9.59 Å². The third-order valence-electron chi connectivity index (χ3n) is 9.26. The highest BCUT2D eigenvalue weighted by atomic mass is 16.6. The molecule has 3 fully saturated rings. The highest BCUT2D eigenvalue weighted by Crippen LogP contribution is 2.42. The summed E-state index contributed by atoms with van der Waals surface area (Å²) in [7, 11) is 0. The van der Waals surface area contributed by atoms with Crippen LogP contribution in [0.25, 0.3) is 0 Å². The first-order valence-electron chi connectivity index (χ1n) is 16.1. The maximum atomic E-state index is 14.2. The minimum absolute atomic E-state index is 0.233. The predicted molar refractivity (Wildman–Crippen MR) is 164 cm³/mol. The van der Waals surface area contributed by atoms with Crippen LogP contribution in [0.2, 0.25) is 0 Å². The van der Waals surface area contributed by atoms with Gasteiger partial charge in [0.2, 0.25) is 17.6 Å². The molecule has 3 aliphatic rings. The number of Topliss-reactive ketones (excluding diaryl/α,β-unsaturated/α-hetero) is 1. The van der Waals surface area contributed by atoms with Gasteiger partial charge in [-0.05, 0) is 69.6 Å². The molecule has 12 nitrogen and oxygen atoms in total. The Balaban J connectivity index is 1.79. The van der Waals surface area contributed by atoms with E-state index >= 15 is 0 Å². The zero-order valence-electron chi connectivity index (χ0n) is 27.5. The molecule has 2 aliphatic carbocycles. The van der Waals surface area contributed by atoms with Crippen LogP contribution >= 0.6 is 0 Å². The molecule has 3 rings (SSSR count). The topological polar surface area (TPSA) is 177 Å². The highest BCUT2D eigenvalue weighted by molar-refractivity contribution is 6.37. The Morgan fingerprint density at radius 1 is 0.886 bits per heavy atom. The zero-order valence-corrected chi connectivity index (χ0v) is 27.5. The average molecular weight is 620 g/mol. The Labute approximate surface area is 261 Å². The van der Waals surface area contributed by atoms with Crippen LogP contribution in [0.4, 0.5) is 4.79 Å². The summed E-state index contributed by atoms with van der Waals surface area (Å²) >= 11 is 0. The number of carbonyl (C=O) groups is 6. The molecule has 0 aromatic carbocycles. The van der Waals surface area contributed by atoms with Gasteiger partial charge in [-0.2, -0.15) is 0 Å². The quantitative estimate of drug-likeness (QED) is 0.203. The van der Waals surface area contributed by atoms with Gasteiger partial charge in [0.15, 0.2) is 0 Å². The molecule has 0 aromatic heterocycles. The summed E-state index contributed by atoms with van der Waals surface area (Å²) in [5.74, 6) is -3.17. The lowest BCUT2D eigenvalue weighted by Crippen LogP contribution is -2.62. The summed E-state index contributed by atoms with van der Waals surface area (Å²) in [4.78, 5) is 80.0. The summed E-state index contributed by atoms with van der Waals surface area (Å²) in [6, 6.07) is -4.48. The Hall–Kier alpha value is -3.18. The summed E-state index contributed by atoms with van der Waals surface area (Å²) in [6.07, 6.45) is 7.38. The van der Waals surface area contributed by atoms with Crippen molar-refractivity contribution in [3.05, 3.63) is 0 Å². The van der Waals surface area contributed by atoms with E-state index in [9.17, 15) is 28.8 Å². The van der Waals surface area contributed by atoms with E-state index in [1.807, 2.05) is 27.7 Å². The van der Waals surface area contributed by atoms with Crippen LogP contribution in [-0.2, 0) is 28.7 Å². The SMILES string of the molecule is CC(C)(C)OC(=O)C(NC(=O)NC(C(=O)N1CCCC1C(=O)NC(CC1CCC1)C(=O)C(N)=O)C1(C)CCCC1)C(C)(C)C. The number of nitrogens with two attached hydrogens (primary N) is 1. The fraction of sp³-hybridized carbons (Fsp3) is 0.812. The first kappa shape index (κ1) is 35.3. The molecular formula is C32H53N5O7. The van der Waals surface area contributed by atoms with Crippen molar-refractivity contribution >= 4 is 35.5 Å². The minimum atomic E-state index is -1.10. The van der Waals surface area contributed by atoms with Crippen molar-refractivity contribution < 1.29 is 33.5 Å². The number of hydrogen-bond donors (Lipinski definition) is 4. The number of ether oxygens (including phenoxy) is 1. The lowest BCUT2D eigenvalue weighted by molar-refractivity contribution is -0.160. The number of nitrogens with zero attached hydrogens (tertiary/aromatic N) is 1. The number of esters is 1. The molecule has 0 radical (unpaired) electrons. The lowest BCUT2D eigenvalue weighted by Gasteiger charge is -2.38. The number of likely N-dealkylation sites (tertiary alicyclic amines) is 1. The van der Waals surface area contributed by atoms with Crippen molar-refractivity contribution in [2.24, 2.45) is 22.5 Å². The molecule has 0 spiro atoms. The Kier molecular flexibility index (Phi) is 11.1. The highest BCUT2D eigenvalue weighted by Gasteiger charge is 2.48. The van der Waals surface area contributed by atoms with Crippen molar-refractivity contribution in [2.45, 2.75) is 142 Å². The van der Waals surface area contributed by atoms with Gasteiger partial charge in [0.25, 0.3) is 5.91 Å². The average Bonchev–Trinajstić information content (AvgIpc) is 3.54. The number of urea groups is 1. The largest absolute Gasteiger partial charge is 0.458 e. The maximum Gasteiger partial charge on any atom is 0.329 e. The van der Waals surface area contributed by atoms with Gasteiger partial charge in [0.1, 0.15) is 23.7 Å². The predicted octanol–water partition coefficient (Wildman–Crippen LogP) is 2.71. The first-order chi connectivity index (χ1) is 20.3. The molecule has 2 saturated carbocycles. The Morgan fingerprint density at radius 3 is 2.00 bits per heavy atom. The summed E-state index contributed by atoms with van der Waals surface area (Å²) in [5, 5.41) is 8.35. The molecule has 4 unspecified atom stereocenters. The fourth-order valence-electron chi connectivity index (χ4n) is 6.50. The van der Waals surface area contributed by atoms with E-state index in [-0.39, 0.29) is 11.8 Å². The molecule has 5 amide bonds. The molecular weight excluding hydrogens is 566 g/mol. The van der Waals surface area contributed by atoms with Crippen molar-refractivity contribution in [1.82, 2.24) is 20.9 Å². The second-order valence-electron chi connectivity index (χ2n) is 15.3. The monoisotopic (exact) mass is 619 g/mol. The van der Waals surface area contributed by atoms with Gasteiger partial charge >= 0.3 is 12.0 Å². The number of rotatable bonds is 11. The van der Waals surface area contributed by atoms with Crippen LogP contribution in [0, 0.1) is 16.7 Å². The van der Waals surface area contributed by atoms with Gasteiger partial charge in [0, 0.05) is 6.54 Å². The van der Waals surface area contributed by atoms with Crippen LogP contribution in [0.15, 0.2) is 0 Å². The van der Waals surface area contributed by atoms with E-state index in [0.29, 0.717) is 38.6 Å². The number of hydrogen-bond acceptors (Lipinski definition) is 7. The number of ketones is 1. The van der Waals surface area contributed by atoms with Gasteiger partial charge < -0.3 is 31.3 Å². The molecule has 248 valence electrons. The number of carbonyl (C=O) groups excluding carboxylic acids is 6. The van der Waals surface area contributed by atoms with Crippen molar-refractivity contribution in [3.8, 4) is 0 Å². The minimum Gasteiger partial charge on any atom is -0.458 e. The normalized spacial score (nSPS) is 22.2. The van der Waals surface area contributed by atoms with Crippen LogP contribution < -0.4 is 21.7 Å². The molecule has 12 heteroatoms. The molecule has 4 atom stereocenters. The molecule has 1 aliphatic heterocycles. The molecule has 44 heavy (non-hydrogen) atoms. The van der Waals surface area contributed by atoms with Crippen LogP contribution in [-0.4, -0.2) is 76.7 Å². The molecule has 0 aromatic rings. The third kappa shape index (κ3) is 8.94. The molecule has 1 saturated heterocycles. The van der Waals surface area contributed by atoms with Gasteiger partial charge in [-0.1, -0.05) is 59.8 Å². The second-order valence-corrected chi connectivity index (χ2v) is 15.3. The van der Waals surface area contributed by atoms with Gasteiger partial charge in [0.05, 0.1) is 6.04 Å². The van der Waals surface area contributed by atoms with E-state index in [4.69, 9.17) is 10.5 Å². The van der Waals surface area contributed by atoms with Crippen molar-refractivity contribution in [1.29, 1.82) is 0 Å². The van der Waals surface area contributed by atoms with Crippen molar-refractivity contribution in [3.63, 3.8) is 0 Å². The summed E-state index contributed by atoms with van der Waals surface area (Å²) in [5.41, 5.74) is 3.29. The summed E-state index contributed by atoms with van der Waals surface area (Å²) < 4.78 is 5.56.